The Labute approximate surface area is 189 Å². The number of amides is 2. The van der Waals surface area contributed by atoms with Crippen LogP contribution in [0, 0.1) is 11.8 Å². The Balaban J connectivity index is 1.20. The number of fused-ring (bicyclic) bond motifs is 4. The first kappa shape index (κ1) is 21.5. The minimum atomic E-state index is -0.0256. The molecule has 0 saturated carbocycles. The van der Waals surface area contributed by atoms with E-state index < -0.39 is 0 Å². The lowest BCUT2D eigenvalue weighted by Crippen LogP contribution is -2.62. The number of rotatable bonds is 4. The van der Waals surface area contributed by atoms with E-state index in [2.05, 4.69) is 14.8 Å². The molecule has 0 unspecified atom stereocenters. The van der Waals surface area contributed by atoms with Crippen LogP contribution in [0.3, 0.4) is 0 Å². The molecule has 0 spiro atoms. The molecule has 8 heteroatoms. The number of carbonyl (C=O) groups is 2. The van der Waals surface area contributed by atoms with Gasteiger partial charge in [-0.05, 0) is 50.0 Å². The predicted octanol–water partition coefficient (Wildman–Crippen LogP) is 2.04. The van der Waals surface area contributed by atoms with Gasteiger partial charge in [0.1, 0.15) is 5.56 Å². The number of nitrogens with zero attached hydrogens (tertiary/aromatic N) is 4. The number of carbonyl (C=O) groups excluding carboxylic acids is 2. The maximum atomic E-state index is 13.1. The fourth-order valence-electron chi connectivity index (χ4n) is 6.41. The van der Waals surface area contributed by atoms with Crippen molar-refractivity contribution in [1.82, 2.24) is 19.7 Å². The van der Waals surface area contributed by atoms with Gasteiger partial charge < -0.3 is 19.3 Å². The van der Waals surface area contributed by atoms with Crippen LogP contribution in [0.5, 0.6) is 11.8 Å². The predicted molar refractivity (Wildman–Crippen MR) is 119 cm³/mol. The first-order chi connectivity index (χ1) is 15.6. The van der Waals surface area contributed by atoms with Gasteiger partial charge >= 0.3 is 0 Å². The number of aromatic nitrogens is 1. The van der Waals surface area contributed by atoms with E-state index in [4.69, 9.17) is 9.47 Å². The minimum Gasteiger partial charge on any atom is -0.481 e. The molecule has 32 heavy (non-hydrogen) atoms. The molecule has 3 atom stereocenters. The second-order valence-corrected chi connectivity index (χ2v) is 9.76. The first-order valence-electron chi connectivity index (χ1n) is 12.0. The Bertz CT molecular complexity index is 870. The van der Waals surface area contributed by atoms with Gasteiger partial charge in [-0.3, -0.25) is 14.5 Å². The average molecular weight is 443 g/mol. The Morgan fingerprint density at radius 2 is 1.88 bits per heavy atom. The highest BCUT2D eigenvalue weighted by atomic mass is 16.5. The first-order valence-corrected chi connectivity index (χ1v) is 12.0. The zero-order chi connectivity index (χ0) is 22.2. The van der Waals surface area contributed by atoms with Gasteiger partial charge in [-0.15, -0.1) is 0 Å². The van der Waals surface area contributed by atoms with Crippen molar-refractivity contribution in [2.24, 2.45) is 11.8 Å². The van der Waals surface area contributed by atoms with Gasteiger partial charge in [-0.1, -0.05) is 0 Å². The molecule has 174 valence electrons. The summed E-state index contributed by atoms with van der Waals surface area (Å²) >= 11 is 0. The fourth-order valence-corrected chi connectivity index (χ4v) is 6.41. The summed E-state index contributed by atoms with van der Waals surface area (Å²) in [6.07, 6.45) is 6.20. The minimum absolute atomic E-state index is 0.0256. The van der Waals surface area contributed by atoms with Gasteiger partial charge in [0.2, 0.25) is 17.7 Å². The van der Waals surface area contributed by atoms with E-state index in [1.807, 2.05) is 4.90 Å². The van der Waals surface area contributed by atoms with Crippen molar-refractivity contribution in [1.29, 1.82) is 0 Å². The molecule has 5 rings (SSSR count). The third-order valence-corrected chi connectivity index (χ3v) is 7.94. The zero-order valence-corrected chi connectivity index (χ0v) is 19.2. The van der Waals surface area contributed by atoms with E-state index in [9.17, 15) is 9.59 Å². The molecule has 0 N–H and O–H groups in total. The summed E-state index contributed by atoms with van der Waals surface area (Å²) < 4.78 is 10.5. The van der Waals surface area contributed by atoms with Crippen LogP contribution < -0.4 is 9.47 Å². The Hall–Kier alpha value is -2.35. The van der Waals surface area contributed by atoms with Crippen molar-refractivity contribution >= 4 is 11.8 Å². The highest BCUT2D eigenvalue weighted by Gasteiger charge is 2.45. The van der Waals surface area contributed by atoms with Crippen LogP contribution in [0.2, 0.25) is 0 Å². The van der Waals surface area contributed by atoms with Crippen LogP contribution in [0.4, 0.5) is 0 Å². The highest BCUT2D eigenvalue weighted by molar-refractivity contribution is 5.96. The molecular formula is C24H34N4O4. The maximum Gasteiger partial charge on any atom is 0.259 e. The molecule has 0 radical (unpaired) electrons. The van der Waals surface area contributed by atoms with Gasteiger partial charge in [-0.2, -0.15) is 4.98 Å². The number of hydrogen-bond donors (Lipinski definition) is 0. The van der Waals surface area contributed by atoms with E-state index in [1.165, 1.54) is 20.0 Å². The molecule has 4 aliphatic rings. The lowest BCUT2D eigenvalue weighted by molar-refractivity contribution is -0.145. The average Bonchev–Trinajstić information content (AvgIpc) is 2.84. The molecule has 4 fully saturated rings. The van der Waals surface area contributed by atoms with Crippen LogP contribution in [0.25, 0.3) is 0 Å². The van der Waals surface area contributed by atoms with Crippen LogP contribution >= 0.6 is 0 Å². The van der Waals surface area contributed by atoms with Crippen LogP contribution in [-0.2, 0) is 4.79 Å². The van der Waals surface area contributed by atoms with E-state index in [-0.39, 0.29) is 5.91 Å². The monoisotopic (exact) mass is 442 g/mol. The number of ether oxygens (including phenoxy) is 2. The van der Waals surface area contributed by atoms with Crippen LogP contribution in [0.1, 0.15) is 48.9 Å². The lowest BCUT2D eigenvalue weighted by Gasteiger charge is -2.54. The van der Waals surface area contributed by atoms with Crippen molar-refractivity contribution in [3.05, 3.63) is 17.7 Å². The molecule has 0 aliphatic carbocycles. The van der Waals surface area contributed by atoms with Gasteiger partial charge in [0.25, 0.3) is 5.91 Å². The zero-order valence-electron chi connectivity index (χ0n) is 19.2. The number of methoxy groups -OCH3 is 2. The van der Waals surface area contributed by atoms with Crippen molar-refractivity contribution in [2.75, 3.05) is 46.9 Å². The molecule has 1 aromatic rings. The number of likely N-dealkylation sites (tertiary alicyclic amines) is 2. The summed E-state index contributed by atoms with van der Waals surface area (Å²) in [7, 11) is 3.07. The van der Waals surface area contributed by atoms with Crippen molar-refractivity contribution < 1.29 is 19.1 Å². The summed E-state index contributed by atoms with van der Waals surface area (Å²) in [6.45, 7) is 4.62. The third-order valence-electron chi connectivity index (χ3n) is 7.94. The Kier molecular flexibility index (Phi) is 5.97. The van der Waals surface area contributed by atoms with Gasteiger partial charge in [0.15, 0.2) is 0 Å². The largest absolute Gasteiger partial charge is 0.481 e. The topological polar surface area (TPSA) is 75.2 Å². The summed E-state index contributed by atoms with van der Waals surface area (Å²) in [5, 5.41) is 0. The Morgan fingerprint density at radius 3 is 2.62 bits per heavy atom. The summed E-state index contributed by atoms with van der Waals surface area (Å²) in [6, 6.07) is 4.41. The van der Waals surface area contributed by atoms with E-state index >= 15 is 0 Å². The van der Waals surface area contributed by atoms with E-state index in [1.54, 1.807) is 19.2 Å². The quantitative estimate of drug-likeness (QED) is 0.710. The van der Waals surface area contributed by atoms with Crippen LogP contribution in [-0.4, -0.2) is 90.5 Å². The fraction of sp³-hybridized carbons (Fsp3) is 0.708. The van der Waals surface area contributed by atoms with Crippen molar-refractivity contribution in [2.45, 2.75) is 50.6 Å². The summed E-state index contributed by atoms with van der Waals surface area (Å²) in [5.41, 5.74) is 0.487. The molecule has 1 aromatic heterocycles. The standard InChI is InChI=1S/C24H34N4O4/c1-31-21-7-6-19(23(25-21)32-2)24(30)26-10-8-18(9-11-26)27-13-16-12-17(15-27)20-4-3-5-22(29)28(20)14-16/h6-7,16-18,20H,3-5,8-15H2,1-2H3/t16-,17-,20-/m1/s1. The molecule has 0 aromatic carbocycles. The summed E-state index contributed by atoms with van der Waals surface area (Å²) in [4.78, 5) is 36.6. The molecule has 2 amide bonds. The SMILES string of the molecule is COc1ccc(C(=O)N2CCC(N3C[C@H]4C[C@H](C3)[C@H]3CCCC(=O)N3C4)CC2)c(OC)n1. The maximum absolute atomic E-state index is 13.1. The molecule has 8 nitrogen and oxygen atoms in total. The highest BCUT2D eigenvalue weighted by Crippen LogP contribution is 2.39. The summed E-state index contributed by atoms with van der Waals surface area (Å²) in [5.74, 6) is 2.31. The lowest BCUT2D eigenvalue weighted by atomic mass is 9.75. The smallest absolute Gasteiger partial charge is 0.259 e. The van der Waals surface area contributed by atoms with Gasteiger partial charge in [-0.25, -0.2) is 0 Å². The van der Waals surface area contributed by atoms with Gasteiger partial charge in [0, 0.05) is 57.3 Å². The van der Waals surface area contributed by atoms with Crippen molar-refractivity contribution in [3.63, 3.8) is 0 Å². The number of pyridine rings is 1. The second-order valence-electron chi connectivity index (χ2n) is 9.76. The van der Waals surface area contributed by atoms with E-state index in [0.717, 1.165) is 58.4 Å². The number of hydrogen-bond acceptors (Lipinski definition) is 6. The third kappa shape index (κ3) is 3.93. The van der Waals surface area contributed by atoms with E-state index in [0.29, 0.717) is 47.2 Å². The van der Waals surface area contributed by atoms with Crippen LogP contribution in [0.15, 0.2) is 12.1 Å². The second kappa shape index (κ2) is 8.89. The molecule has 4 saturated heterocycles. The Morgan fingerprint density at radius 1 is 1.06 bits per heavy atom. The molecule has 2 bridgehead atoms. The number of piperidine rings is 4. The molecular weight excluding hydrogens is 408 g/mol. The van der Waals surface area contributed by atoms with Gasteiger partial charge in [0.05, 0.1) is 14.2 Å². The normalized spacial score (nSPS) is 28.9. The van der Waals surface area contributed by atoms with Crippen molar-refractivity contribution in [3.8, 4) is 11.8 Å². The molecule has 4 aliphatic heterocycles. The molecule has 5 heterocycles.